The number of benzene rings is 2. The topological polar surface area (TPSA) is 101 Å². The summed E-state index contributed by atoms with van der Waals surface area (Å²) < 4.78 is 66.5. The average Bonchev–Trinajstić information content (AvgIpc) is 2.83. The zero-order valence-electron chi connectivity index (χ0n) is 20.7. The van der Waals surface area contributed by atoms with Gasteiger partial charge in [-0.15, -0.1) is 5.92 Å². The second-order valence-electron chi connectivity index (χ2n) is 8.86. The van der Waals surface area contributed by atoms with E-state index in [0.29, 0.717) is 21.7 Å². The molecule has 1 heterocycles. The number of carbonyl (C=O) groups is 1. The van der Waals surface area contributed by atoms with E-state index >= 15 is 4.39 Å². The first-order chi connectivity index (χ1) is 17.3. The summed E-state index contributed by atoms with van der Waals surface area (Å²) in [7, 11) is -7.46. The minimum Gasteiger partial charge on any atom is -0.347 e. The lowest BCUT2D eigenvalue weighted by atomic mass is 9.93. The summed E-state index contributed by atoms with van der Waals surface area (Å²) in [6.45, 7) is 2.78. The van der Waals surface area contributed by atoms with Crippen molar-refractivity contribution in [3.63, 3.8) is 0 Å². The molecular weight excluding hydrogens is 539 g/mol. The van der Waals surface area contributed by atoms with Crippen molar-refractivity contribution in [2.45, 2.75) is 43.3 Å². The van der Waals surface area contributed by atoms with Crippen LogP contribution in [0.15, 0.2) is 58.8 Å². The molecule has 3 rings (SSSR count). The first kappa shape index (κ1) is 28.9. The van der Waals surface area contributed by atoms with Gasteiger partial charge in [-0.2, -0.15) is 4.31 Å². The van der Waals surface area contributed by atoms with Crippen LogP contribution >= 0.6 is 11.6 Å². The van der Waals surface area contributed by atoms with Crippen LogP contribution in [-0.2, 0) is 24.7 Å². The van der Waals surface area contributed by atoms with E-state index in [1.165, 1.54) is 19.1 Å². The van der Waals surface area contributed by atoms with Crippen molar-refractivity contribution in [1.29, 1.82) is 0 Å². The molecule has 7 nitrogen and oxygen atoms in total. The Bertz CT molecular complexity index is 1490. The van der Waals surface area contributed by atoms with Crippen LogP contribution in [0, 0.1) is 11.8 Å². The molecule has 0 aromatic heterocycles. The van der Waals surface area contributed by atoms with Crippen molar-refractivity contribution in [1.82, 2.24) is 9.62 Å². The summed E-state index contributed by atoms with van der Waals surface area (Å²) in [5.41, 5.74) is -0.763. The third-order valence-electron chi connectivity index (χ3n) is 5.93. The number of sulfonamides is 1. The number of piperidine rings is 1. The van der Waals surface area contributed by atoms with Crippen LogP contribution in [0.4, 0.5) is 4.39 Å². The highest BCUT2D eigenvalue weighted by Crippen LogP contribution is 2.37. The predicted molar refractivity (Wildman–Crippen MR) is 143 cm³/mol. The van der Waals surface area contributed by atoms with Crippen LogP contribution in [0.5, 0.6) is 0 Å². The number of amides is 1. The Labute approximate surface area is 222 Å². The first-order valence-corrected chi connectivity index (χ1v) is 15.2. The molecule has 11 heteroatoms. The van der Waals surface area contributed by atoms with Crippen LogP contribution in [0.2, 0.25) is 5.02 Å². The Hall–Kier alpha value is -2.71. The highest BCUT2D eigenvalue weighted by atomic mass is 35.5. The quantitative estimate of drug-likeness (QED) is 0.512. The summed E-state index contributed by atoms with van der Waals surface area (Å²) in [5.74, 6) is 4.80. The molecule has 1 N–H and O–H groups in total. The minimum atomic E-state index is -4.06. The van der Waals surface area contributed by atoms with Gasteiger partial charge < -0.3 is 5.32 Å². The molecule has 198 valence electrons. The lowest BCUT2D eigenvalue weighted by molar-refractivity contribution is -0.135. The second-order valence-corrected chi connectivity index (χ2v) is 13.1. The summed E-state index contributed by atoms with van der Waals surface area (Å²) in [5, 5.41) is 3.75. The third-order valence-corrected chi connectivity index (χ3v) is 8.86. The van der Waals surface area contributed by atoms with Crippen molar-refractivity contribution in [3.05, 3.63) is 64.5 Å². The number of halogens is 2. The minimum absolute atomic E-state index is 0.0117. The van der Waals surface area contributed by atoms with E-state index in [-0.39, 0.29) is 30.8 Å². The van der Waals surface area contributed by atoms with Gasteiger partial charge in [0.05, 0.1) is 4.90 Å². The zero-order valence-corrected chi connectivity index (χ0v) is 23.1. The van der Waals surface area contributed by atoms with E-state index in [4.69, 9.17) is 11.6 Å². The van der Waals surface area contributed by atoms with Crippen molar-refractivity contribution in [2.24, 2.45) is 0 Å². The molecule has 1 amide bonds. The van der Waals surface area contributed by atoms with E-state index in [1.807, 2.05) is 0 Å². The number of carbonyl (C=O) groups excluding carboxylic acids is 1. The molecule has 1 atom stereocenters. The molecule has 0 saturated carbocycles. The number of nitrogens with zero attached hydrogens (tertiary/aromatic N) is 1. The summed E-state index contributed by atoms with van der Waals surface area (Å²) in [4.78, 5) is 12.6. The Morgan fingerprint density at radius 2 is 1.78 bits per heavy atom. The fourth-order valence-corrected chi connectivity index (χ4v) is 6.35. The lowest BCUT2D eigenvalue weighted by Gasteiger charge is -2.35. The largest absolute Gasteiger partial charge is 0.347 e. The van der Waals surface area contributed by atoms with E-state index in [0.717, 1.165) is 16.0 Å². The number of hydrogen-bond acceptors (Lipinski definition) is 5. The summed E-state index contributed by atoms with van der Waals surface area (Å²) in [6, 6.07) is 10.9. The van der Waals surface area contributed by atoms with E-state index < -0.39 is 37.5 Å². The van der Waals surface area contributed by atoms with Crippen LogP contribution in [0.25, 0.3) is 11.1 Å². The van der Waals surface area contributed by atoms with E-state index in [2.05, 4.69) is 17.2 Å². The fourth-order valence-electron chi connectivity index (χ4n) is 3.96. The van der Waals surface area contributed by atoms with Gasteiger partial charge in [0.2, 0.25) is 10.0 Å². The summed E-state index contributed by atoms with van der Waals surface area (Å²) in [6.07, 6.45) is 1.56. The van der Waals surface area contributed by atoms with Gasteiger partial charge in [0.1, 0.15) is 0 Å². The van der Waals surface area contributed by atoms with Crippen LogP contribution in [0.3, 0.4) is 0 Å². The number of nitrogens with one attached hydrogen (secondary N) is 1. The molecule has 37 heavy (non-hydrogen) atoms. The Morgan fingerprint density at radius 1 is 1.14 bits per heavy atom. The number of hydrogen-bond donors (Lipinski definition) is 1. The molecule has 0 unspecified atom stereocenters. The fraction of sp³-hybridized carbons (Fsp3) is 0.346. The number of alkyl halides is 1. The van der Waals surface area contributed by atoms with Crippen molar-refractivity contribution >= 4 is 37.4 Å². The second kappa shape index (κ2) is 11.4. The molecule has 1 fully saturated rings. The molecule has 0 aliphatic carbocycles. The number of rotatable bonds is 7. The molecule has 1 aliphatic rings. The van der Waals surface area contributed by atoms with Crippen LogP contribution < -0.4 is 5.32 Å². The monoisotopic (exact) mass is 566 g/mol. The average molecular weight is 567 g/mol. The van der Waals surface area contributed by atoms with Gasteiger partial charge in [0.15, 0.2) is 15.5 Å². The molecule has 0 bridgehead atoms. The third kappa shape index (κ3) is 6.99. The van der Waals surface area contributed by atoms with Crippen molar-refractivity contribution in [3.8, 4) is 23.0 Å². The molecule has 2 aromatic carbocycles. The Balaban J connectivity index is 1.84. The highest BCUT2D eigenvalue weighted by molar-refractivity contribution is 7.93. The lowest BCUT2D eigenvalue weighted by Crippen LogP contribution is -2.53. The molecule has 1 saturated heterocycles. The smallest absolute Gasteiger partial charge is 0.258 e. The van der Waals surface area contributed by atoms with Crippen LogP contribution in [-0.4, -0.2) is 58.1 Å². The normalized spacial score (nSPS) is 17.1. The van der Waals surface area contributed by atoms with Crippen molar-refractivity contribution < 1.29 is 26.0 Å². The van der Waals surface area contributed by atoms with Gasteiger partial charge in [0, 0.05) is 65.3 Å². The zero-order chi connectivity index (χ0) is 27.4. The predicted octanol–water partition coefficient (Wildman–Crippen LogP) is 3.93. The van der Waals surface area contributed by atoms with E-state index in [9.17, 15) is 21.6 Å². The van der Waals surface area contributed by atoms with Crippen molar-refractivity contribution in [2.75, 3.05) is 19.3 Å². The first-order valence-electron chi connectivity index (χ1n) is 11.5. The van der Waals surface area contributed by atoms with Gasteiger partial charge in [-0.1, -0.05) is 41.8 Å². The Morgan fingerprint density at radius 3 is 2.38 bits per heavy atom. The van der Waals surface area contributed by atoms with E-state index in [1.54, 1.807) is 43.3 Å². The molecule has 2 aromatic rings. The maximum atomic E-state index is 15.5. The number of sulfone groups is 1. The van der Waals surface area contributed by atoms with Crippen LogP contribution in [0.1, 0.15) is 32.3 Å². The van der Waals surface area contributed by atoms with Gasteiger partial charge in [-0.3, -0.25) is 4.79 Å². The molecular formula is C26H28ClFN2O5S2. The maximum Gasteiger partial charge on any atom is 0.258 e. The standard InChI is InChI=1S/C26H28ClFN2O5S2/c1-4-7-20-10-11-24(22(18-20)21-8-5-6-9-23(21)27)37(34,35)30-15-13-26(28,14-16-30)25(31)29-19(2)12-17-36(3,32)33/h5-6,8-12,17-19H,13-16H2,1-3H3,(H,29,31)/b17-12-/t19-/m1/s1. The molecule has 0 spiro atoms. The SMILES string of the molecule is CC#Cc1ccc(S(=O)(=O)N2CCC(F)(C(=O)N[C@H](C)/C=C\S(C)(=O)=O)CC2)c(-c2ccccc2Cl)c1. The van der Waals surface area contributed by atoms with Gasteiger partial charge in [-0.05, 0) is 38.1 Å². The molecule has 1 aliphatic heterocycles. The highest BCUT2D eigenvalue weighted by Gasteiger charge is 2.45. The molecule has 0 radical (unpaired) electrons. The maximum absolute atomic E-state index is 15.5. The van der Waals surface area contributed by atoms with Gasteiger partial charge >= 0.3 is 0 Å². The van der Waals surface area contributed by atoms with Gasteiger partial charge in [-0.25, -0.2) is 21.2 Å². The summed E-state index contributed by atoms with van der Waals surface area (Å²) >= 11 is 6.38. The Kier molecular flexibility index (Phi) is 8.85. The van der Waals surface area contributed by atoms with Gasteiger partial charge in [0.25, 0.3) is 5.91 Å².